The Hall–Kier alpha value is -1.49. The van der Waals surface area contributed by atoms with Gasteiger partial charge in [0.25, 0.3) is 0 Å². The zero-order valence-corrected chi connectivity index (χ0v) is 12.3. The van der Waals surface area contributed by atoms with Crippen LogP contribution in [-0.4, -0.2) is 12.6 Å². The predicted octanol–water partition coefficient (Wildman–Crippen LogP) is 4.30. The normalized spacial score (nSPS) is 14.9. The molecule has 21 heavy (non-hydrogen) atoms. The summed E-state index contributed by atoms with van der Waals surface area (Å²) >= 11 is 0. The Kier molecular flexibility index (Phi) is 4.93. The minimum absolute atomic E-state index is 0.116. The quantitative estimate of drug-likeness (QED) is 0.791. The average Bonchev–Trinajstić information content (AvgIpc) is 3.19. The predicted molar refractivity (Wildman–Crippen MR) is 76.2 cm³/mol. The minimum Gasteiger partial charge on any atom is -0.489 e. The first-order valence-corrected chi connectivity index (χ1v) is 7.06. The number of hydrogen-bond donors (Lipinski definition) is 1. The molecule has 0 spiro atoms. The van der Waals surface area contributed by atoms with Crippen LogP contribution in [0.15, 0.2) is 29.8 Å². The van der Waals surface area contributed by atoms with Crippen molar-refractivity contribution in [3.8, 4) is 5.75 Å². The lowest BCUT2D eigenvalue weighted by atomic mass is 10.1. The first-order valence-electron chi connectivity index (χ1n) is 7.06. The van der Waals surface area contributed by atoms with Gasteiger partial charge in [0.2, 0.25) is 0 Å². The highest BCUT2D eigenvalue weighted by Gasteiger charge is 2.34. The monoisotopic (exact) mass is 299 g/mol. The van der Waals surface area contributed by atoms with Crippen molar-refractivity contribution in [1.82, 2.24) is 5.32 Å². The topological polar surface area (TPSA) is 21.3 Å². The third-order valence-electron chi connectivity index (χ3n) is 3.25. The van der Waals surface area contributed by atoms with Crippen LogP contribution in [0, 0.1) is 0 Å². The molecule has 5 heteroatoms. The number of benzene rings is 1. The molecule has 0 amide bonds. The van der Waals surface area contributed by atoms with Gasteiger partial charge in [0.05, 0.1) is 5.56 Å². The van der Waals surface area contributed by atoms with E-state index in [0.717, 1.165) is 18.4 Å². The van der Waals surface area contributed by atoms with E-state index in [1.54, 1.807) is 12.1 Å². The maximum Gasteiger partial charge on any atom is 0.419 e. The van der Waals surface area contributed by atoms with Crippen LogP contribution in [0.5, 0.6) is 5.75 Å². The molecule has 0 heterocycles. The molecule has 0 saturated heterocycles. The highest BCUT2D eigenvalue weighted by atomic mass is 19.4. The van der Waals surface area contributed by atoms with Crippen molar-refractivity contribution in [3.63, 3.8) is 0 Å². The standard InChI is InChI=1S/C16H20F3NO/c1-11(2)7-8-21-15-6-3-12(10-20-13-4-5-13)9-14(15)16(17,18)19/h3,6-7,9,13,20H,4-5,8,10H2,1-2H3. The number of hydrogen-bond acceptors (Lipinski definition) is 2. The molecule has 0 unspecified atom stereocenters. The van der Waals surface area contributed by atoms with Crippen molar-refractivity contribution in [2.24, 2.45) is 0 Å². The van der Waals surface area contributed by atoms with Crippen LogP contribution in [-0.2, 0) is 12.7 Å². The van der Waals surface area contributed by atoms with E-state index in [0.29, 0.717) is 18.2 Å². The van der Waals surface area contributed by atoms with Crippen molar-refractivity contribution in [2.45, 2.75) is 45.5 Å². The molecular formula is C16H20F3NO. The molecule has 2 rings (SSSR count). The van der Waals surface area contributed by atoms with E-state index in [-0.39, 0.29) is 12.4 Å². The first-order chi connectivity index (χ1) is 9.86. The lowest BCUT2D eigenvalue weighted by Crippen LogP contribution is -2.16. The minimum atomic E-state index is -4.41. The lowest BCUT2D eigenvalue weighted by Gasteiger charge is -2.15. The van der Waals surface area contributed by atoms with E-state index in [1.807, 2.05) is 13.8 Å². The van der Waals surface area contributed by atoms with Crippen LogP contribution in [0.1, 0.15) is 37.8 Å². The summed E-state index contributed by atoms with van der Waals surface area (Å²) in [4.78, 5) is 0. The van der Waals surface area contributed by atoms with Gasteiger partial charge in [-0.3, -0.25) is 0 Å². The van der Waals surface area contributed by atoms with Crippen LogP contribution in [0.3, 0.4) is 0 Å². The second kappa shape index (κ2) is 6.52. The Morgan fingerprint density at radius 2 is 2.05 bits per heavy atom. The number of halogens is 3. The summed E-state index contributed by atoms with van der Waals surface area (Å²) in [6.07, 6.45) is -0.440. The van der Waals surface area contributed by atoms with Gasteiger partial charge in [0, 0.05) is 12.6 Å². The second-order valence-electron chi connectivity index (χ2n) is 5.58. The van der Waals surface area contributed by atoms with Gasteiger partial charge in [-0.05, 0) is 50.5 Å². The zero-order valence-electron chi connectivity index (χ0n) is 12.3. The Bertz CT molecular complexity index is 515. The van der Waals surface area contributed by atoms with Gasteiger partial charge in [0.1, 0.15) is 12.4 Å². The fourth-order valence-electron chi connectivity index (χ4n) is 1.88. The SMILES string of the molecule is CC(C)=CCOc1ccc(CNC2CC2)cc1C(F)(F)F. The van der Waals surface area contributed by atoms with E-state index in [4.69, 9.17) is 4.74 Å². The fraction of sp³-hybridized carbons (Fsp3) is 0.500. The van der Waals surface area contributed by atoms with Gasteiger partial charge in [-0.15, -0.1) is 0 Å². The van der Waals surface area contributed by atoms with Crippen LogP contribution >= 0.6 is 0 Å². The molecule has 1 saturated carbocycles. The molecule has 0 aliphatic heterocycles. The highest BCUT2D eigenvalue weighted by Crippen LogP contribution is 2.37. The summed E-state index contributed by atoms with van der Waals surface area (Å²) in [6.45, 7) is 4.36. The number of allylic oxidation sites excluding steroid dienone is 1. The van der Waals surface area contributed by atoms with E-state index >= 15 is 0 Å². The molecule has 0 atom stereocenters. The molecule has 2 nitrogen and oxygen atoms in total. The van der Waals surface area contributed by atoms with E-state index < -0.39 is 11.7 Å². The van der Waals surface area contributed by atoms with Gasteiger partial charge in [-0.25, -0.2) is 0 Å². The Morgan fingerprint density at radius 3 is 2.62 bits per heavy atom. The van der Waals surface area contributed by atoms with Crippen molar-refractivity contribution >= 4 is 0 Å². The van der Waals surface area contributed by atoms with Crippen molar-refractivity contribution in [1.29, 1.82) is 0 Å². The molecule has 1 aromatic rings. The maximum absolute atomic E-state index is 13.1. The molecular weight excluding hydrogens is 279 g/mol. The van der Waals surface area contributed by atoms with Gasteiger partial charge >= 0.3 is 6.18 Å². The first kappa shape index (κ1) is 15.9. The fourth-order valence-corrected chi connectivity index (χ4v) is 1.88. The molecule has 116 valence electrons. The number of nitrogens with one attached hydrogen (secondary N) is 1. The molecule has 1 fully saturated rings. The lowest BCUT2D eigenvalue weighted by molar-refractivity contribution is -0.138. The maximum atomic E-state index is 13.1. The van der Waals surface area contributed by atoms with Gasteiger partial charge < -0.3 is 10.1 Å². The van der Waals surface area contributed by atoms with Gasteiger partial charge in [-0.2, -0.15) is 13.2 Å². The van der Waals surface area contributed by atoms with Crippen LogP contribution in [0.2, 0.25) is 0 Å². The smallest absolute Gasteiger partial charge is 0.419 e. The average molecular weight is 299 g/mol. The third-order valence-corrected chi connectivity index (χ3v) is 3.25. The Morgan fingerprint density at radius 1 is 1.33 bits per heavy atom. The molecule has 1 aliphatic rings. The van der Waals surface area contributed by atoms with E-state index in [9.17, 15) is 13.2 Å². The van der Waals surface area contributed by atoms with Crippen molar-refractivity contribution in [2.75, 3.05) is 6.61 Å². The summed E-state index contributed by atoms with van der Waals surface area (Å²) in [5, 5.41) is 3.21. The van der Waals surface area contributed by atoms with E-state index in [2.05, 4.69) is 5.32 Å². The Labute approximate surface area is 123 Å². The highest BCUT2D eigenvalue weighted by molar-refractivity contribution is 5.39. The van der Waals surface area contributed by atoms with Crippen LogP contribution < -0.4 is 10.1 Å². The Balaban J connectivity index is 2.12. The summed E-state index contributed by atoms with van der Waals surface area (Å²) in [6, 6.07) is 4.73. The third kappa shape index (κ3) is 5.08. The molecule has 1 aromatic carbocycles. The summed E-state index contributed by atoms with van der Waals surface area (Å²) < 4.78 is 44.6. The molecule has 1 aliphatic carbocycles. The molecule has 1 N–H and O–H groups in total. The van der Waals surface area contributed by atoms with Crippen LogP contribution in [0.4, 0.5) is 13.2 Å². The summed E-state index contributed by atoms with van der Waals surface area (Å²) in [7, 11) is 0. The summed E-state index contributed by atoms with van der Waals surface area (Å²) in [5.74, 6) is -0.116. The zero-order chi connectivity index (χ0) is 15.5. The van der Waals surface area contributed by atoms with Gasteiger partial charge in [0.15, 0.2) is 0 Å². The molecule has 0 aromatic heterocycles. The van der Waals surface area contributed by atoms with Gasteiger partial charge in [-0.1, -0.05) is 11.6 Å². The van der Waals surface area contributed by atoms with Crippen molar-refractivity contribution in [3.05, 3.63) is 41.0 Å². The number of ether oxygens (including phenoxy) is 1. The molecule has 0 bridgehead atoms. The number of alkyl halides is 3. The molecule has 0 radical (unpaired) electrons. The van der Waals surface area contributed by atoms with Crippen molar-refractivity contribution < 1.29 is 17.9 Å². The van der Waals surface area contributed by atoms with Crippen LogP contribution in [0.25, 0.3) is 0 Å². The largest absolute Gasteiger partial charge is 0.489 e. The number of rotatable bonds is 6. The summed E-state index contributed by atoms with van der Waals surface area (Å²) in [5.41, 5.74) is 0.928. The second-order valence-corrected chi connectivity index (χ2v) is 5.58. The van der Waals surface area contributed by atoms with E-state index in [1.165, 1.54) is 12.1 Å².